The highest BCUT2D eigenvalue weighted by Gasteiger charge is 2.16. The number of rotatable bonds is 4. The summed E-state index contributed by atoms with van der Waals surface area (Å²) in [5, 5.41) is 11.8. The lowest BCUT2D eigenvalue weighted by molar-refractivity contribution is 0.102. The summed E-state index contributed by atoms with van der Waals surface area (Å²) in [6.07, 6.45) is 0. The van der Waals surface area contributed by atoms with Gasteiger partial charge in [-0.25, -0.2) is 0 Å². The number of hydrogen-bond donors (Lipinski definition) is 1. The molecule has 0 radical (unpaired) electrons. The van der Waals surface area contributed by atoms with Crippen LogP contribution in [0.15, 0.2) is 60.7 Å². The highest BCUT2D eigenvalue weighted by atomic mass is 127. The van der Waals surface area contributed by atoms with Crippen molar-refractivity contribution in [3.8, 4) is 11.3 Å². The number of likely N-dealkylation sites (N-methyl/N-ethyl adjacent to an activating group) is 1. The van der Waals surface area contributed by atoms with Crippen molar-refractivity contribution < 1.29 is 4.79 Å². The smallest absolute Gasteiger partial charge is 0.256 e. The van der Waals surface area contributed by atoms with Crippen LogP contribution in [0.3, 0.4) is 0 Å². The third-order valence-corrected chi connectivity index (χ3v) is 5.95. The molecule has 3 aromatic rings. The number of carbonyl (C=O) groups excluding carboxylic acids is 1. The molecular formula is C22H22IN5O. The van der Waals surface area contributed by atoms with Crippen LogP contribution in [-0.2, 0) is 0 Å². The van der Waals surface area contributed by atoms with E-state index >= 15 is 0 Å². The van der Waals surface area contributed by atoms with Gasteiger partial charge in [-0.1, -0.05) is 24.3 Å². The van der Waals surface area contributed by atoms with Gasteiger partial charge >= 0.3 is 0 Å². The Labute approximate surface area is 184 Å². The summed E-state index contributed by atoms with van der Waals surface area (Å²) in [6.45, 7) is 3.99. The van der Waals surface area contributed by atoms with Gasteiger partial charge < -0.3 is 15.1 Å². The van der Waals surface area contributed by atoms with Gasteiger partial charge in [0.25, 0.3) is 5.91 Å². The lowest BCUT2D eigenvalue weighted by Gasteiger charge is -2.32. The fourth-order valence-electron chi connectivity index (χ4n) is 3.28. The molecule has 148 valence electrons. The maximum absolute atomic E-state index is 12.6. The highest BCUT2D eigenvalue weighted by molar-refractivity contribution is 14.1. The standard InChI is InChI=1S/C22H22IN5O/c1-27-11-13-28(14-12-27)21-10-9-20(25-26-21)16-5-4-6-17(15-16)24-22(29)18-7-2-3-8-19(18)23/h2-10,15H,11-14H2,1H3,(H,24,29). The molecule has 1 N–H and O–H groups in total. The summed E-state index contributed by atoms with van der Waals surface area (Å²) in [5.41, 5.74) is 3.10. The molecule has 1 aliphatic heterocycles. The molecule has 0 saturated carbocycles. The Hall–Kier alpha value is -2.52. The Morgan fingerprint density at radius 3 is 2.48 bits per heavy atom. The third kappa shape index (κ3) is 4.73. The van der Waals surface area contributed by atoms with E-state index in [4.69, 9.17) is 0 Å². The number of hydrogen-bond acceptors (Lipinski definition) is 5. The first-order chi connectivity index (χ1) is 14.1. The van der Waals surface area contributed by atoms with Crippen LogP contribution in [0.4, 0.5) is 11.5 Å². The Kier molecular flexibility index (Phi) is 6.05. The molecule has 0 bridgehead atoms. The van der Waals surface area contributed by atoms with E-state index < -0.39 is 0 Å². The fraction of sp³-hybridized carbons (Fsp3) is 0.227. The average molecular weight is 499 g/mol. The van der Waals surface area contributed by atoms with Crippen LogP contribution < -0.4 is 10.2 Å². The summed E-state index contributed by atoms with van der Waals surface area (Å²) < 4.78 is 0.920. The second-order valence-corrected chi connectivity index (χ2v) is 8.24. The topological polar surface area (TPSA) is 61.4 Å². The maximum Gasteiger partial charge on any atom is 0.256 e. The number of halogens is 1. The van der Waals surface area contributed by atoms with Crippen LogP contribution in [-0.4, -0.2) is 54.2 Å². The zero-order valence-electron chi connectivity index (χ0n) is 16.2. The SMILES string of the molecule is CN1CCN(c2ccc(-c3cccc(NC(=O)c4ccccc4I)c3)nn2)CC1. The quantitative estimate of drug-likeness (QED) is 0.555. The molecule has 1 aromatic heterocycles. The molecule has 1 fully saturated rings. The van der Waals surface area contributed by atoms with E-state index in [9.17, 15) is 4.79 Å². The number of aromatic nitrogens is 2. The third-order valence-electron chi connectivity index (χ3n) is 5.01. The van der Waals surface area contributed by atoms with Gasteiger partial charge in [0.15, 0.2) is 5.82 Å². The van der Waals surface area contributed by atoms with Crippen LogP contribution in [0.1, 0.15) is 10.4 Å². The van der Waals surface area contributed by atoms with Gasteiger partial charge in [-0.15, -0.1) is 10.2 Å². The zero-order chi connectivity index (χ0) is 20.2. The number of nitrogens with one attached hydrogen (secondary N) is 1. The van der Waals surface area contributed by atoms with Gasteiger partial charge in [-0.2, -0.15) is 0 Å². The van der Waals surface area contributed by atoms with Crippen LogP contribution >= 0.6 is 22.6 Å². The molecule has 2 aromatic carbocycles. The minimum atomic E-state index is -0.122. The van der Waals surface area contributed by atoms with E-state index in [0.717, 1.165) is 52.5 Å². The van der Waals surface area contributed by atoms with Crippen LogP contribution in [0, 0.1) is 3.57 Å². The van der Waals surface area contributed by atoms with E-state index in [1.807, 2.05) is 60.7 Å². The monoisotopic (exact) mass is 499 g/mol. The molecule has 0 unspecified atom stereocenters. The molecule has 0 spiro atoms. The van der Waals surface area contributed by atoms with Crippen molar-refractivity contribution >= 4 is 40.0 Å². The molecule has 1 aliphatic rings. The molecule has 2 heterocycles. The number of benzene rings is 2. The van der Waals surface area contributed by atoms with Gasteiger partial charge in [-0.3, -0.25) is 4.79 Å². The lowest BCUT2D eigenvalue weighted by Crippen LogP contribution is -2.44. The summed E-state index contributed by atoms with van der Waals surface area (Å²) >= 11 is 2.17. The summed E-state index contributed by atoms with van der Waals surface area (Å²) in [6, 6.07) is 19.2. The predicted octanol–water partition coefficient (Wildman–Crippen LogP) is 3.75. The molecule has 1 saturated heterocycles. The van der Waals surface area contributed by atoms with Crippen LogP contribution in [0.5, 0.6) is 0 Å². The Morgan fingerprint density at radius 2 is 1.76 bits per heavy atom. The number of anilines is 2. The van der Waals surface area contributed by atoms with E-state index in [0.29, 0.717) is 5.56 Å². The summed E-state index contributed by atoms with van der Waals surface area (Å²) in [5.74, 6) is 0.786. The van der Waals surface area contributed by atoms with E-state index in [1.165, 1.54) is 0 Å². The van der Waals surface area contributed by atoms with E-state index in [-0.39, 0.29) is 5.91 Å². The second-order valence-electron chi connectivity index (χ2n) is 7.08. The van der Waals surface area contributed by atoms with Gasteiger partial charge in [0.05, 0.1) is 11.3 Å². The second kappa shape index (κ2) is 8.87. The molecule has 6 nitrogen and oxygen atoms in total. The molecule has 0 atom stereocenters. The first-order valence-corrected chi connectivity index (χ1v) is 10.6. The molecule has 1 amide bonds. The van der Waals surface area contributed by atoms with Crippen molar-refractivity contribution in [2.24, 2.45) is 0 Å². The maximum atomic E-state index is 12.6. The number of amides is 1. The molecule has 0 aliphatic carbocycles. The van der Waals surface area contributed by atoms with Crippen LogP contribution in [0.25, 0.3) is 11.3 Å². The fourth-order valence-corrected chi connectivity index (χ4v) is 3.92. The largest absolute Gasteiger partial charge is 0.353 e. The highest BCUT2D eigenvalue weighted by Crippen LogP contribution is 2.23. The van der Waals surface area contributed by atoms with Crippen molar-refractivity contribution in [1.82, 2.24) is 15.1 Å². The van der Waals surface area contributed by atoms with Crippen LogP contribution in [0.2, 0.25) is 0 Å². The molecule has 4 rings (SSSR count). The lowest BCUT2D eigenvalue weighted by atomic mass is 10.1. The average Bonchev–Trinajstić information content (AvgIpc) is 2.75. The minimum absolute atomic E-state index is 0.122. The van der Waals surface area contributed by atoms with Gasteiger partial charge in [0.1, 0.15) is 0 Å². The van der Waals surface area contributed by atoms with E-state index in [1.54, 1.807) is 0 Å². The van der Waals surface area contributed by atoms with Crippen molar-refractivity contribution in [3.63, 3.8) is 0 Å². The molecule has 29 heavy (non-hydrogen) atoms. The number of nitrogens with zero attached hydrogens (tertiary/aromatic N) is 4. The first kappa shape index (κ1) is 19.8. The van der Waals surface area contributed by atoms with Gasteiger partial charge in [0, 0.05) is 41.0 Å². The van der Waals surface area contributed by atoms with Crippen molar-refractivity contribution in [3.05, 3.63) is 69.8 Å². The number of carbonyl (C=O) groups is 1. The minimum Gasteiger partial charge on any atom is -0.353 e. The summed E-state index contributed by atoms with van der Waals surface area (Å²) in [4.78, 5) is 17.1. The predicted molar refractivity (Wildman–Crippen MR) is 124 cm³/mol. The van der Waals surface area contributed by atoms with Gasteiger partial charge in [-0.05, 0) is 66.0 Å². The van der Waals surface area contributed by atoms with Crippen molar-refractivity contribution in [1.29, 1.82) is 0 Å². The van der Waals surface area contributed by atoms with Gasteiger partial charge in [0.2, 0.25) is 0 Å². The van der Waals surface area contributed by atoms with E-state index in [2.05, 4.69) is 55.0 Å². The Morgan fingerprint density at radius 1 is 0.966 bits per heavy atom. The Bertz CT molecular complexity index is 1000. The summed E-state index contributed by atoms with van der Waals surface area (Å²) in [7, 11) is 2.14. The van der Waals surface area contributed by atoms with Crippen molar-refractivity contribution in [2.45, 2.75) is 0 Å². The molecular weight excluding hydrogens is 477 g/mol. The van der Waals surface area contributed by atoms with Crippen molar-refractivity contribution in [2.75, 3.05) is 43.4 Å². The first-order valence-electron chi connectivity index (χ1n) is 9.54. The normalized spacial score (nSPS) is 14.6. The molecule has 7 heteroatoms. The Balaban J connectivity index is 1.48. The zero-order valence-corrected chi connectivity index (χ0v) is 18.3. The number of piperazine rings is 1.